The van der Waals surface area contributed by atoms with E-state index in [4.69, 9.17) is 5.11 Å². The number of aliphatic carboxylic acids is 1. The molecule has 1 atom stereocenters. The predicted molar refractivity (Wildman–Crippen MR) is 29.7 cm³/mol. The topological polar surface area (TPSA) is 49.3 Å². The largest absolute Gasteiger partial charge is 1.00 e. The maximum absolute atomic E-state index is 10.2. The minimum atomic E-state index is -0.671. The van der Waals surface area contributed by atoms with Gasteiger partial charge in [-0.2, -0.15) is 0 Å². The fourth-order valence-electron chi connectivity index (χ4n) is 0.865. The van der Waals surface area contributed by atoms with Gasteiger partial charge in [0.05, 0.1) is 5.92 Å². The van der Waals surface area contributed by atoms with Gasteiger partial charge in [0.2, 0.25) is 0 Å². The van der Waals surface area contributed by atoms with Crippen molar-refractivity contribution in [3.63, 3.8) is 0 Å². The van der Waals surface area contributed by atoms with Gasteiger partial charge in [-0.3, -0.25) is 4.79 Å². The van der Waals surface area contributed by atoms with Crippen LogP contribution in [-0.2, 0) is 4.79 Å². The van der Waals surface area contributed by atoms with Crippen molar-refractivity contribution < 1.29 is 40.9 Å². The van der Waals surface area contributed by atoms with Gasteiger partial charge < -0.3 is 11.8 Å². The standard InChI is InChI=1S/C5H9NO2.Na.H/c7-5(8)4-1-2-6-3-4;;/h4,6H,1-3H2,(H,7,8);;/q;+1;-1. The van der Waals surface area contributed by atoms with E-state index in [1.54, 1.807) is 0 Å². The third kappa shape index (κ3) is 2.67. The molecule has 0 spiro atoms. The molecule has 1 aliphatic rings. The van der Waals surface area contributed by atoms with E-state index in [1.165, 1.54) is 0 Å². The molecule has 1 heterocycles. The average Bonchev–Trinajstić information content (AvgIpc) is 2.12. The summed E-state index contributed by atoms with van der Waals surface area (Å²) in [6.07, 6.45) is 0.787. The van der Waals surface area contributed by atoms with Crippen molar-refractivity contribution in [2.24, 2.45) is 5.92 Å². The van der Waals surface area contributed by atoms with Gasteiger partial charge in [0, 0.05) is 6.54 Å². The summed E-state index contributed by atoms with van der Waals surface area (Å²) in [5.41, 5.74) is 0. The van der Waals surface area contributed by atoms with E-state index < -0.39 is 5.97 Å². The summed E-state index contributed by atoms with van der Waals surface area (Å²) in [6.45, 7) is 1.51. The Morgan fingerprint density at radius 3 is 2.67 bits per heavy atom. The SMILES string of the molecule is O=C(O)C1CCNC1.[H-].[Na+]. The second-order valence-corrected chi connectivity index (χ2v) is 2.03. The quantitative estimate of drug-likeness (QED) is 0.376. The van der Waals surface area contributed by atoms with Gasteiger partial charge in [0.25, 0.3) is 0 Å². The maximum atomic E-state index is 10.2. The first-order chi connectivity index (χ1) is 3.80. The monoisotopic (exact) mass is 139 g/mol. The zero-order valence-electron chi connectivity index (χ0n) is 6.55. The van der Waals surface area contributed by atoms with E-state index in [2.05, 4.69) is 5.32 Å². The number of hydrogen-bond acceptors (Lipinski definition) is 2. The summed E-state index contributed by atoms with van der Waals surface area (Å²) in [5, 5.41) is 11.3. The predicted octanol–water partition coefficient (Wildman–Crippen LogP) is -3.20. The van der Waals surface area contributed by atoms with Crippen LogP contribution < -0.4 is 34.9 Å². The summed E-state index contributed by atoms with van der Waals surface area (Å²) in [6, 6.07) is 0. The molecule has 0 saturated carbocycles. The van der Waals surface area contributed by atoms with Gasteiger partial charge in [-0.05, 0) is 13.0 Å². The van der Waals surface area contributed by atoms with Gasteiger partial charge in [0.1, 0.15) is 0 Å². The Labute approximate surface area is 77.6 Å². The summed E-state index contributed by atoms with van der Waals surface area (Å²) in [4.78, 5) is 10.2. The van der Waals surface area contributed by atoms with E-state index in [1.807, 2.05) is 0 Å². The van der Waals surface area contributed by atoms with Crippen LogP contribution in [0.5, 0.6) is 0 Å². The van der Waals surface area contributed by atoms with Gasteiger partial charge in [0.15, 0.2) is 0 Å². The first-order valence-electron chi connectivity index (χ1n) is 2.74. The summed E-state index contributed by atoms with van der Waals surface area (Å²) in [5.74, 6) is -0.801. The molecule has 0 bridgehead atoms. The number of carboxylic acid groups (broad SMARTS) is 1. The van der Waals surface area contributed by atoms with Crippen LogP contribution in [-0.4, -0.2) is 24.2 Å². The molecule has 1 aliphatic heterocycles. The average molecular weight is 139 g/mol. The van der Waals surface area contributed by atoms with Crippen LogP contribution in [0.2, 0.25) is 0 Å². The molecular formula is C5H10NNaO2. The van der Waals surface area contributed by atoms with Gasteiger partial charge in [-0.1, -0.05) is 0 Å². The Hall–Kier alpha value is 0.430. The van der Waals surface area contributed by atoms with Crippen LogP contribution >= 0.6 is 0 Å². The molecule has 4 heteroatoms. The number of hydrogen-bond donors (Lipinski definition) is 2. The third-order valence-electron chi connectivity index (χ3n) is 1.41. The number of carboxylic acids is 1. The summed E-state index contributed by atoms with van der Waals surface area (Å²) in [7, 11) is 0. The molecule has 0 radical (unpaired) electrons. The van der Waals surface area contributed by atoms with Crippen LogP contribution in [0.4, 0.5) is 0 Å². The zero-order chi connectivity index (χ0) is 5.98. The van der Waals surface area contributed by atoms with Gasteiger partial charge in [-0.25, -0.2) is 0 Å². The van der Waals surface area contributed by atoms with Crippen molar-refractivity contribution in [1.29, 1.82) is 0 Å². The van der Waals surface area contributed by atoms with E-state index in [9.17, 15) is 4.79 Å². The summed E-state index contributed by atoms with van der Waals surface area (Å²) >= 11 is 0. The molecule has 9 heavy (non-hydrogen) atoms. The van der Waals surface area contributed by atoms with E-state index >= 15 is 0 Å². The maximum Gasteiger partial charge on any atom is 1.00 e. The number of rotatable bonds is 1. The second-order valence-electron chi connectivity index (χ2n) is 2.03. The molecule has 0 aromatic rings. The molecule has 1 saturated heterocycles. The normalized spacial score (nSPS) is 25.1. The first-order valence-corrected chi connectivity index (χ1v) is 2.74. The van der Waals surface area contributed by atoms with Crippen LogP contribution in [0.25, 0.3) is 0 Å². The zero-order valence-corrected chi connectivity index (χ0v) is 7.55. The third-order valence-corrected chi connectivity index (χ3v) is 1.41. The molecule has 1 rings (SSSR count). The molecule has 0 aliphatic carbocycles. The molecule has 48 valence electrons. The van der Waals surface area contributed by atoms with Crippen molar-refractivity contribution in [3.05, 3.63) is 0 Å². The van der Waals surface area contributed by atoms with Crippen molar-refractivity contribution in [2.75, 3.05) is 13.1 Å². The van der Waals surface area contributed by atoms with Crippen LogP contribution in [0, 0.1) is 5.92 Å². The van der Waals surface area contributed by atoms with E-state index in [0.29, 0.717) is 6.54 Å². The Balaban J connectivity index is 0. The van der Waals surface area contributed by atoms with Crippen molar-refractivity contribution in [2.45, 2.75) is 6.42 Å². The second kappa shape index (κ2) is 4.28. The molecule has 0 aromatic carbocycles. The fourth-order valence-corrected chi connectivity index (χ4v) is 0.865. The minimum Gasteiger partial charge on any atom is -1.00 e. The molecule has 0 aromatic heterocycles. The van der Waals surface area contributed by atoms with Crippen LogP contribution in [0.3, 0.4) is 0 Å². The number of carbonyl (C=O) groups is 1. The first kappa shape index (κ1) is 9.43. The molecule has 0 amide bonds. The molecule has 1 unspecified atom stereocenters. The number of nitrogens with one attached hydrogen (secondary N) is 1. The Bertz CT molecular complexity index is 106. The van der Waals surface area contributed by atoms with Gasteiger partial charge in [-0.15, -0.1) is 0 Å². The molecule has 2 N–H and O–H groups in total. The minimum absolute atomic E-state index is 0. The van der Waals surface area contributed by atoms with Crippen molar-refractivity contribution >= 4 is 5.97 Å². The van der Waals surface area contributed by atoms with E-state index in [-0.39, 0.29) is 36.9 Å². The van der Waals surface area contributed by atoms with E-state index in [0.717, 1.165) is 13.0 Å². The van der Waals surface area contributed by atoms with Gasteiger partial charge >= 0.3 is 35.5 Å². The molecule has 1 fully saturated rings. The molecular weight excluding hydrogens is 129 g/mol. The Morgan fingerprint density at radius 1 is 1.78 bits per heavy atom. The van der Waals surface area contributed by atoms with Crippen LogP contribution in [0.1, 0.15) is 7.85 Å². The Morgan fingerprint density at radius 2 is 2.44 bits per heavy atom. The smallest absolute Gasteiger partial charge is 1.00 e. The summed E-state index contributed by atoms with van der Waals surface area (Å²) < 4.78 is 0. The van der Waals surface area contributed by atoms with Crippen molar-refractivity contribution in [3.8, 4) is 0 Å². The van der Waals surface area contributed by atoms with Crippen LogP contribution in [0.15, 0.2) is 0 Å². The fraction of sp³-hybridized carbons (Fsp3) is 0.800. The Kier molecular flexibility index (Phi) is 4.48. The van der Waals surface area contributed by atoms with Crippen molar-refractivity contribution in [1.82, 2.24) is 5.32 Å². The molecule has 3 nitrogen and oxygen atoms in total.